The number of carbonyl (C=O) groups excluding carboxylic acids is 1. The molecule has 0 unspecified atom stereocenters. The minimum atomic E-state index is -0.186. The van der Waals surface area contributed by atoms with Crippen LogP contribution in [0.15, 0.2) is 29.0 Å². The van der Waals surface area contributed by atoms with Gasteiger partial charge >= 0.3 is 6.03 Å². The molecule has 0 atom stereocenters. The number of nitrogens with zero attached hydrogens (tertiary/aromatic N) is 2. The van der Waals surface area contributed by atoms with E-state index in [4.69, 9.17) is 0 Å². The van der Waals surface area contributed by atoms with Crippen LogP contribution in [-0.4, -0.2) is 21.5 Å². The maximum atomic E-state index is 11.5. The number of imidazole rings is 1. The van der Waals surface area contributed by atoms with Crippen LogP contribution in [0.25, 0.3) is 5.52 Å². The molecule has 0 saturated heterocycles. The van der Waals surface area contributed by atoms with Crippen molar-refractivity contribution in [2.45, 2.75) is 26.4 Å². The molecule has 0 fully saturated rings. The molecule has 0 saturated carbocycles. The topological polar surface area (TPSA) is 58.4 Å². The number of rotatable bonds is 3. The summed E-state index contributed by atoms with van der Waals surface area (Å²) in [7, 11) is 0. The maximum absolute atomic E-state index is 11.5. The van der Waals surface area contributed by atoms with Crippen molar-refractivity contribution in [1.29, 1.82) is 0 Å². The van der Waals surface area contributed by atoms with Crippen LogP contribution in [0.2, 0.25) is 0 Å². The van der Waals surface area contributed by atoms with Crippen LogP contribution < -0.4 is 10.6 Å². The van der Waals surface area contributed by atoms with Gasteiger partial charge in [-0.3, -0.25) is 0 Å². The third-order valence-corrected chi connectivity index (χ3v) is 2.99. The van der Waals surface area contributed by atoms with Gasteiger partial charge in [0.15, 0.2) is 0 Å². The van der Waals surface area contributed by atoms with Gasteiger partial charge in [0.25, 0.3) is 0 Å². The lowest BCUT2D eigenvalue weighted by Crippen LogP contribution is -2.39. The molecule has 0 bridgehead atoms. The second-order valence-electron chi connectivity index (χ2n) is 4.26. The van der Waals surface area contributed by atoms with E-state index in [1.807, 2.05) is 42.6 Å². The number of hydrogen-bond donors (Lipinski definition) is 2. The fourth-order valence-electron chi connectivity index (χ4n) is 1.66. The van der Waals surface area contributed by atoms with E-state index < -0.39 is 0 Å². The molecule has 5 nitrogen and oxygen atoms in total. The molecule has 2 heterocycles. The Morgan fingerprint density at radius 3 is 3.00 bits per heavy atom. The molecular formula is C12H15BrN4O. The van der Waals surface area contributed by atoms with E-state index >= 15 is 0 Å². The van der Waals surface area contributed by atoms with Crippen molar-refractivity contribution in [1.82, 2.24) is 20.0 Å². The Bertz CT molecular complexity index is 564. The van der Waals surface area contributed by atoms with Crippen LogP contribution in [-0.2, 0) is 6.54 Å². The Morgan fingerprint density at radius 2 is 2.28 bits per heavy atom. The van der Waals surface area contributed by atoms with Crippen LogP contribution in [0.1, 0.15) is 19.7 Å². The summed E-state index contributed by atoms with van der Waals surface area (Å²) in [6.45, 7) is 4.22. The number of pyridine rings is 1. The van der Waals surface area contributed by atoms with Crippen LogP contribution in [0, 0.1) is 0 Å². The average Bonchev–Trinajstić information content (AvgIpc) is 2.64. The summed E-state index contributed by atoms with van der Waals surface area (Å²) in [6.07, 6.45) is 1.92. The number of carbonyl (C=O) groups is 1. The Labute approximate surface area is 114 Å². The van der Waals surface area contributed by atoms with E-state index in [0.29, 0.717) is 6.54 Å². The molecule has 2 aromatic rings. The Balaban J connectivity index is 2.10. The zero-order valence-electron chi connectivity index (χ0n) is 10.3. The lowest BCUT2D eigenvalue weighted by Gasteiger charge is -2.09. The van der Waals surface area contributed by atoms with E-state index in [1.54, 1.807) is 0 Å². The summed E-state index contributed by atoms with van der Waals surface area (Å²) in [5.74, 6) is 0.788. The molecule has 0 aromatic carbocycles. The van der Waals surface area contributed by atoms with Crippen molar-refractivity contribution < 1.29 is 4.79 Å². The zero-order chi connectivity index (χ0) is 13.1. The number of halogens is 1. The third-order valence-electron chi connectivity index (χ3n) is 2.40. The second kappa shape index (κ2) is 5.39. The van der Waals surface area contributed by atoms with Crippen molar-refractivity contribution in [2.24, 2.45) is 0 Å². The molecule has 0 aliphatic rings. The predicted octanol–water partition coefficient (Wildman–Crippen LogP) is 2.30. The van der Waals surface area contributed by atoms with Crippen molar-refractivity contribution in [3.8, 4) is 0 Å². The first-order valence-electron chi connectivity index (χ1n) is 5.73. The van der Waals surface area contributed by atoms with Gasteiger partial charge in [-0.2, -0.15) is 0 Å². The first kappa shape index (κ1) is 12.9. The molecular weight excluding hydrogens is 296 g/mol. The summed E-state index contributed by atoms with van der Waals surface area (Å²) in [6, 6.07) is 5.78. The van der Waals surface area contributed by atoms with Gasteiger partial charge in [-0.25, -0.2) is 9.78 Å². The van der Waals surface area contributed by atoms with Crippen LogP contribution in [0.4, 0.5) is 4.79 Å². The van der Waals surface area contributed by atoms with Gasteiger partial charge in [0, 0.05) is 12.2 Å². The molecule has 0 aliphatic carbocycles. The first-order chi connectivity index (χ1) is 8.58. The maximum Gasteiger partial charge on any atom is 0.315 e. The van der Waals surface area contributed by atoms with Crippen molar-refractivity contribution in [3.05, 3.63) is 34.8 Å². The molecule has 0 spiro atoms. The number of amides is 2. The zero-order valence-corrected chi connectivity index (χ0v) is 11.9. The molecule has 96 valence electrons. The summed E-state index contributed by atoms with van der Waals surface area (Å²) in [5.41, 5.74) is 0.985. The number of aromatic nitrogens is 2. The highest BCUT2D eigenvalue weighted by molar-refractivity contribution is 9.10. The minimum Gasteiger partial charge on any atom is -0.336 e. The number of nitrogens with one attached hydrogen (secondary N) is 2. The quantitative estimate of drug-likeness (QED) is 0.914. The number of fused-ring (bicyclic) bond motifs is 1. The molecule has 2 rings (SSSR count). The summed E-state index contributed by atoms with van der Waals surface area (Å²) < 4.78 is 2.73. The summed E-state index contributed by atoms with van der Waals surface area (Å²) >= 11 is 3.40. The Hall–Kier alpha value is -1.56. The molecule has 18 heavy (non-hydrogen) atoms. The van der Waals surface area contributed by atoms with Gasteiger partial charge < -0.3 is 15.0 Å². The fourth-order valence-corrected chi connectivity index (χ4v) is 2.19. The predicted molar refractivity (Wildman–Crippen MR) is 73.4 cm³/mol. The molecule has 6 heteroatoms. The normalized spacial score (nSPS) is 10.9. The minimum absolute atomic E-state index is 0.119. The number of hydrogen-bond acceptors (Lipinski definition) is 2. The lowest BCUT2D eigenvalue weighted by molar-refractivity contribution is 0.238. The lowest BCUT2D eigenvalue weighted by atomic mass is 10.4. The second-order valence-corrected chi connectivity index (χ2v) is 5.01. The molecule has 0 aliphatic heterocycles. The van der Waals surface area contributed by atoms with Crippen molar-refractivity contribution in [3.63, 3.8) is 0 Å². The van der Waals surface area contributed by atoms with Gasteiger partial charge in [0.05, 0.1) is 12.1 Å². The molecule has 2 aromatic heterocycles. The van der Waals surface area contributed by atoms with E-state index in [2.05, 4.69) is 31.5 Å². The van der Waals surface area contributed by atoms with E-state index in [1.165, 1.54) is 0 Å². The summed E-state index contributed by atoms with van der Waals surface area (Å²) in [4.78, 5) is 15.9. The van der Waals surface area contributed by atoms with Gasteiger partial charge in [-0.15, -0.1) is 0 Å². The van der Waals surface area contributed by atoms with Gasteiger partial charge in [0.1, 0.15) is 10.4 Å². The van der Waals surface area contributed by atoms with Crippen LogP contribution >= 0.6 is 15.9 Å². The standard InChI is InChI=1S/C12H15BrN4O/c1-8(2)15-12(18)14-7-10-16-11(13)9-5-3-4-6-17(9)10/h3-6,8H,7H2,1-2H3,(H2,14,15,18). The highest BCUT2D eigenvalue weighted by atomic mass is 79.9. The van der Waals surface area contributed by atoms with Gasteiger partial charge in [-0.1, -0.05) is 6.07 Å². The number of urea groups is 1. The molecule has 2 N–H and O–H groups in total. The van der Waals surface area contributed by atoms with E-state index in [9.17, 15) is 4.79 Å². The SMILES string of the molecule is CC(C)NC(=O)NCc1nc(Br)c2ccccn12. The summed E-state index contributed by atoms with van der Waals surface area (Å²) in [5, 5.41) is 5.55. The Morgan fingerprint density at radius 1 is 1.50 bits per heavy atom. The van der Waals surface area contributed by atoms with Crippen molar-refractivity contribution in [2.75, 3.05) is 0 Å². The highest BCUT2D eigenvalue weighted by Crippen LogP contribution is 2.18. The highest BCUT2D eigenvalue weighted by Gasteiger charge is 2.09. The largest absolute Gasteiger partial charge is 0.336 e. The van der Waals surface area contributed by atoms with Crippen molar-refractivity contribution >= 4 is 27.5 Å². The van der Waals surface area contributed by atoms with Crippen LogP contribution in [0.5, 0.6) is 0 Å². The van der Waals surface area contributed by atoms with Gasteiger partial charge in [0.2, 0.25) is 0 Å². The average molecular weight is 311 g/mol. The third kappa shape index (κ3) is 2.81. The first-order valence-corrected chi connectivity index (χ1v) is 6.53. The smallest absolute Gasteiger partial charge is 0.315 e. The van der Waals surface area contributed by atoms with Gasteiger partial charge in [-0.05, 0) is 41.9 Å². The monoisotopic (exact) mass is 310 g/mol. The van der Waals surface area contributed by atoms with E-state index in [0.717, 1.165) is 15.9 Å². The van der Waals surface area contributed by atoms with E-state index in [-0.39, 0.29) is 12.1 Å². The Kier molecular flexibility index (Phi) is 3.86. The van der Waals surface area contributed by atoms with Crippen LogP contribution in [0.3, 0.4) is 0 Å². The molecule has 2 amide bonds. The molecule has 0 radical (unpaired) electrons. The fraction of sp³-hybridized carbons (Fsp3) is 0.333.